The van der Waals surface area contributed by atoms with E-state index in [1.54, 1.807) is 6.92 Å². The van der Waals surface area contributed by atoms with Crippen molar-refractivity contribution in [3.63, 3.8) is 0 Å². The predicted octanol–water partition coefficient (Wildman–Crippen LogP) is 3.69. The van der Waals surface area contributed by atoms with E-state index in [1.807, 2.05) is 0 Å². The molecule has 1 aromatic carbocycles. The van der Waals surface area contributed by atoms with Crippen molar-refractivity contribution in [2.45, 2.75) is 51.2 Å². The van der Waals surface area contributed by atoms with Gasteiger partial charge in [0.05, 0.1) is 31.0 Å². The summed E-state index contributed by atoms with van der Waals surface area (Å²) >= 11 is 0. The van der Waals surface area contributed by atoms with Gasteiger partial charge in [0.15, 0.2) is 0 Å². The second-order valence-corrected chi connectivity index (χ2v) is 8.72. The Labute approximate surface area is 206 Å². The standard InChI is InChI=1S/C22H23F6N5O4/c1-11-5-17-14(8-32(11)21(35)29-12-3-4-16(23)15(6-12)22(26,27)28)19-20(34)31(2)37-13(7-33(19)30-17)9-36-10-18(24)25/h3-4,6,11,13,18H,5,7-10H2,1-2H3,(H,29,35)/t11-,13-/m1/s1. The Bertz CT molecular complexity index is 1190. The normalized spacial score (nSPS) is 20.1. The SMILES string of the molecule is C[C@@H]1Cc2nn3c(c2CN1C(=O)Nc1ccc(F)c(C(F)(F)F)c1)C(=O)N(C)O[C@@H](COCC(F)F)C3. The molecule has 0 spiro atoms. The molecule has 2 aromatic rings. The maximum atomic E-state index is 13.6. The molecule has 0 aliphatic carbocycles. The summed E-state index contributed by atoms with van der Waals surface area (Å²) in [5, 5.41) is 7.76. The van der Waals surface area contributed by atoms with Crippen LogP contribution in [-0.4, -0.2) is 70.5 Å². The van der Waals surface area contributed by atoms with Crippen LogP contribution in [-0.2, 0) is 35.3 Å². The van der Waals surface area contributed by atoms with Gasteiger partial charge in [-0.25, -0.2) is 23.0 Å². The minimum Gasteiger partial charge on any atom is -0.373 e. The summed E-state index contributed by atoms with van der Waals surface area (Å²) in [6.45, 7) is 0.639. The van der Waals surface area contributed by atoms with Gasteiger partial charge in [0, 0.05) is 30.8 Å². The molecule has 0 radical (unpaired) electrons. The number of nitrogens with one attached hydrogen (secondary N) is 1. The highest BCUT2D eigenvalue weighted by Crippen LogP contribution is 2.34. The van der Waals surface area contributed by atoms with Crippen molar-refractivity contribution in [3.8, 4) is 0 Å². The summed E-state index contributed by atoms with van der Waals surface area (Å²) in [7, 11) is 1.35. The molecule has 0 saturated carbocycles. The van der Waals surface area contributed by atoms with Crippen molar-refractivity contribution in [1.29, 1.82) is 0 Å². The number of halogens is 6. The molecule has 1 aromatic heterocycles. The molecule has 3 amide bonds. The van der Waals surface area contributed by atoms with Crippen molar-refractivity contribution < 1.29 is 45.5 Å². The molecule has 15 heteroatoms. The van der Waals surface area contributed by atoms with Gasteiger partial charge in [-0.2, -0.15) is 18.3 Å². The number of carbonyl (C=O) groups excluding carboxylic acids is 2. The highest BCUT2D eigenvalue weighted by molar-refractivity contribution is 5.94. The lowest BCUT2D eigenvalue weighted by atomic mass is 9.99. The third kappa shape index (κ3) is 5.66. The second kappa shape index (κ2) is 10.2. The minimum atomic E-state index is -4.94. The minimum absolute atomic E-state index is 0.0258. The van der Waals surface area contributed by atoms with Gasteiger partial charge in [-0.3, -0.25) is 14.3 Å². The van der Waals surface area contributed by atoms with Crippen LogP contribution in [0.3, 0.4) is 0 Å². The number of hydrogen-bond donors (Lipinski definition) is 1. The van der Waals surface area contributed by atoms with Gasteiger partial charge in [-0.15, -0.1) is 0 Å². The Hall–Kier alpha value is -3.33. The van der Waals surface area contributed by atoms with Crippen molar-refractivity contribution in [2.24, 2.45) is 0 Å². The zero-order chi connectivity index (χ0) is 27.1. The number of hydroxylamine groups is 2. The van der Waals surface area contributed by atoms with Gasteiger partial charge in [0.25, 0.3) is 12.3 Å². The Kier molecular flexibility index (Phi) is 7.37. The quantitative estimate of drug-likeness (QED) is 0.591. The van der Waals surface area contributed by atoms with E-state index in [0.717, 1.165) is 11.1 Å². The molecule has 0 unspecified atom stereocenters. The first kappa shape index (κ1) is 26.7. The summed E-state index contributed by atoms with van der Waals surface area (Å²) in [5.74, 6) is -2.04. The maximum absolute atomic E-state index is 13.6. The number of nitrogens with zero attached hydrogens (tertiary/aromatic N) is 4. The zero-order valence-electron chi connectivity index (χ0n) is 19.7. The van der Waals surface area contributed by atoms with E-state index in [9.17, 15) is 35.9 Å². The number of urea groups is 1. The van der Waals surface area contributed by atoms with E-state index in [2.05, 4.69) is 10.4 Å². The molecule has 9 nitrogen and oxygen atoms in total. The molecule has 2 atom stereocenters. The molecule has 202 valence electrons. The van der Waals surface area contributed by atoms with Gasteiger partial charge in [-0.05, 0) is 25.1 Å². The molecule has 0 bridgehead atoms. The molecule has 0 saturated heterocycles. The van der Waals surface area contributed by atoms with Crippen molar-refractivity contribution in [2.75, 3.05) is 25.6 Å². The lowest BCUT2D eigenvalue weighted by Crippen LogP contribution is -2.45. The van der Waals surface area contributed by atoms with Crippen molar-refractivity contribution in [1.82, 2.24) is 19.7 Å². The third-order valence-corrected chi connectivity index (χ3v) is 5.99. The first-order chi connectivity index (χ1) is 17.3. The molecule has 2 aliphatic rings. The van der Waals surface area contributed by atoms with Crippen LogP contribution in [0.4, 0.5) is 36.8 Å². The summed E-state index contributed by atoms with van der Waals surface area (Å²) in [6.07, 6.45) is -8.14. The van der Waals surface area contributed by atoms with E-state index in [1.165, 1.54) is 16.6 Å². The smallest absolute Gasteiger partial charge is 0.373 e. The fraction of sp³-hybridized carbons (Fsp3) is 0.500. The van der Waals surface area contributed by atoms with Crippen molar-refractivity contribution >= 4 is 17.6 Å². The molecule has 1 N–H and O–H groups in total. The van der Waals surface area contributed by atoms with Gasteiger partial charge in [0.1, 0.15) is 24.2 Å². The Morgan fingerprint density at radius 2 is 2.05 bits per heavy atom. The summed E-state index contributed by atoms with van der Waals surface area (Å²) in [6, 6.07) is 0.945. The zero-order valence-corrected chi connectivity index (χ0v) is 19.7. The van der Waals surface area contributed by atoms with Crippen LogP contribution < -0.4 is 5.32 Å². The van der Waals surface area contributed by atoms with Gasteiger partial charge < -0.3 is 15.0 Å². The third-order valence-electron chi connectivity index (χ3n) is 5.99. The number of anilines is 1. The number of amides is 3. The van der Waals surface area contributed by atoms with Crippen LogP contribution in [0.5, 0.6) is 0 Å². The van der Waals surface area contributed by atoms with Gasteiger partial charge in [0.2, 0.25) is 0 Å². The number of hydrogen-bond acceptors (Lipinski definition) is 5. The maximum Gasteiger partial charge on any atom is 0.419 e. The van der Waals surface area contributed by atoms with E-state index in [4.69, 9.17) is 9.57 Å². The van der Waals surface area contributed by atoms with Crippen LogP contribution >= 0.6 is 0 Å². The van der Waals surface area contributed by atoms with E-state index in [0.29, 0.717) is 23.4 Å². The van der Waals surface area contributed by atoms with Crippen LogP contribution in [0.25, 0.3) is 0 Å². The molecule has 3 heterocycles. The van der Waals surface area contributed by atoms with Gasteiger partial charge >= 0.3 is 12.2 Å². The molecule has 2 aliphatic heterocycles. The summed E-state index contributed by atoms with van der Waals surface area (Å²) in [5.41, 5.74) is -0.649. The average Bonchev–Trinajstić information content (AvgIpc) is 3.08. The Morgan fingerprint density at radius 1 is 1.32 bits per heavy atom. The first-order valence-corrected chi connectivity index (χ1v) is 11.2. The molecule has 0 fully saturated rings. The molecule has 4 rings (SSSR count). The van der Waals surface area contributed by atoms with Gasteiger partial charge in [-0.1, -0.05) is 0 Å². The highest BCUT2D eigenvalue weighted by Gasteiger charge is 2.38. The van der Waals surface area contributed by atoms with E-state index >= 15 is 0 Å². The fourth-order valence-corrected chi connectivity index (χ4v) is 4.27. The van der Waals surface area contributed by atoms with Crippen molar-refractivity contribution in [3.05, 3.63) is 46.5 Å². The largest absolute Gasteiger partial charge is 0.419 e. The summed E-state index contributed by atoms with van der Waals surface area (Å²) < 4.78 is 83.9. The lowest BCUT2D eigenvalue weighted by molar-refractivity contribution is -0.169. The monoisotopic (exact) mass is 535 g/mol. The van der Waals surface area contributed by atoms with Crippen LogP contribution in [0, 0.1) is 5.82 Å². The fourth-order valence-electron chi connectivity index (χ4n) is 4.27. The molecular weight excluding hydrogens is 512 g/mol. The number of fused-ring (bicyclic) bond motifs is 3. The number of rotatable bonds is 5. The lowest BCUT2D eigenvalue weighted by Gasteiger charge is -2.33. The second-order valence-electron chi connectivity index (χ2n) is 8.72. The predicted molar refractivity (Wildman–Crippen MR) is 115 cm³/mol. The summed E-state index contributed by atoms with van der Waals surface area (Å²) in [4.78, 5) is 32.8. The van der Waals surface area contributed by atoms with Crippen LogP contribution in [0.15, 0.2) is 18.2 Å². The Balaban J connectivity index is 1.55. The van der Waals surface area contributed by atoms with E-state index in [-0.39, 0.29) is 37.5 Å². The number of alkyl halides is 5. The highest BCUT2D eigenvalue weighted by atomic mass is 19.4. The van der Waals surface area contributed by atoms with Crippen LogP contribution in [0.1, 0.15) is 34.2 Å². The number of aromatic nitrogens is 2. The number of benzene rings is 1. The number of ether oxygens (including phenoxy) is 1. The Morgan fingerprint density at radius 3 is 2.73 bits per heavy atom. The van der Waals surface area contributed by atoms with E-state index < -0.39 is 54.7 Å². The molecule has 37 heavy (non-hydrogen) atoms. The average molecular weight is 535 g/mol. The van der Waals surface area contributed by atoms with Crippen LogP contribution in [0.2, 0.25) is 0 Å². The first-order valence-electron chi connectivity index (χ1n) is 11.2. The molecular formula is C22H23F6N5O4. The number of carbonyl (C=O) groups is 2. The topological polar surface area (TPSA) is 88.9 Å².